The van der Waals surface area contributed by atoms with E-state index in [4.69, 9.17) is 16.3 Å². The summed E-state index contributed by atoms with van der Waals surface area (Å²) >= 11 is 10.8. The Labute approximate surface area is 140 Å². The van der Waals surface area contributed by atoms with Crippen molar-refractivity contribution in [1.29, 1.82) is 0 Å². The van der Waals surface area contributed by atoms with E-state index in [1.54, 1.807) is 0 Å². The van der Waals surface area contributed by atoms with E-state index in [1.165, 1.54) is 11.3 Å². The minimum absolute atomic E-state index is 0.0548. The van der Waals surface area contributed by atoms with Crippen LogP contribution in [0.1, 0.15) is 21.3 Å². The van der Waals surface area contributed by atoms with Crippen molar-refractivity contribution in [3.8, 4) is 0 Å². The molecule has 0 radical (unpaired) electrons. The third-order valence-corrected chi connectivity index (χ3v) is 5.48. The molecule has 0 N–H and O–H groups in total. The van der Waals surface area contributed by atoms with E-state index in [1.807, 2.05) is 40.6 Å². The van der Waals surface area contributed by atoms with Crippen molar-refractivity contribution in [1.82, 2.24) is 4.90 Å². The zero-order valence-electron chi connectivity index (χ0n) is 11.1. The monoisotopic (exact) mass is 385 g/mol. The van der Waals surface area contributed by atoms with E-state index in [9.17, 15) is 4.79 Å². The van der Waals surface area contributed by atoms with Gasteiger partial charge in [0.15, 0.2) is 0 Å². The number of carbonyl (C=O) groups is 1. The molecule has 6 heteroatoms. The number of hydrogen-bond donors (Lipinski definition) is 0. The number of nitrogens with zero attached hydrogens (tertiary/aromatic N) is 1. The molecule has 1 saturated heterocycles. The number of hydrogen-bond acceptors (Lipinski definition) is 3. The molecule has 1 aliphatic rings. The van der Waals surface area contributed by atoms with Crippen LogP contribution in [0.5, 0.6) is 0 Å². The molecule has 1 aliphatic heterocycles. The zero-order chi connectivity index (χ0) is 14.8. The first-order valence-corrected chi connectivity index (χ1v) is 8.59. The van der Waals surface area contributed by atoms with E-state index < -0.39 is 0 Å². The van der Waals surface area contributed by atoms with E-state index in [2.05, 4.69) is 15.9 Å². The largest absolute Gasteiger partial charge is 0.370 e. The van der Waals surface area contributed by atoms with Crippen molar-refractivity contribution in [2.24, 2.45) is 0 Å². The molecule has 0 saturated carbocycles. The molecule has 1 aromatic carbocycles. The highest BCUT2D eigenvalue weighted by Gasteiger charge is 2.27. The Morgan fingerprint density at radius 1 is 1.33 bits per heavy atom. The maximum Gasteiger partial charge on any atom is 0.265 e. The van der Waals surface area contributed by atoms with Gasteiger partial charge in [0.1, 0.15) is 11.0 Å². The Balaban J connectivity index is 1.75. The van der Waals surface area contributed by atoms with Crippen LogP contribution in [0.15, 0.2) is 40.2 Å². The van der Waals surface area contributed by atoms with Gasteiger partial charge >= 0.3 is 0 Å². The van der Waals surface area contributed by atoms with Gasteiger partial charge in [-0.3, -0.25) is 4.79 Å². The zero-order valence-corrected chi connectivity index (χ0v) is 14.2. The average molecular weight is 387 g/mol. The van der Waals surface area contributed by atoms with Crippen LogP contribution in [0.25, 0.3) is 0 Å². The van der Waals surface area contributed by atoms with Crippen molar-refractivity contribution in [2.75, 3.05) is 19.7 Å². The van der Waals surface area contributed by atoms with E-state index in [0.29, 0.717) is 24.7 Å². The highest BCUT2D eigenvalue weighted by Crippen LogP contribution is 2.28. The van der Waals surface area contributed by atoms with Gasteiger partial charge in [-0.25, -0.2) is 0 Å². The molecule has 1 fully saturated rings. The first-order chi connectivity index (χ1) is 10.1. The fraction of sp³-hybridized carbons (Fsp3) is 0.267. The van der Waals surface area contributed by atoms with Crippen LogP contribution in [0, 0.1) is 0 Å². The number of morpholine rings is 1. The molecule has 3 nitrogen and oxygen atoms in total. The highest BCUT2D eigenvalue weighted by molar-refractivity contribution is 9.10. The van der Waals surface area contributed by atoms with E-state index >= 15 is 0 Å². The van der Waals surface area contributed by atoms with Crippen molar-refractivity contribution in [3.05, 3.63) is 55.6 Å². The van der Waals surface area contributed by atoms with Gasteiger partial charge in [0.2, 0.25) is 0 Å². The summed E-state index contributed by atoms with van der Waals surface area (Å²) in [5.41, 5.74) is 1.04. The van der Waals surface area contributed by atoms with E-state index in [0.717, 1.165) is 14.9 Å². The Morgan fingerprint density at radius 3 is 2.76 bits per heavy atom. The number of thiophene rings is 1. The fourth-order valence-electron chi connectivity index (χ4n) is 2.30. The predicted octanol–water partition coefficient (Wildman–Crippen LogP) is 4.38. The van der Waals surface area contributed by atoms with Crippen LogP contribution in [0.2, 0.25) is 5.02 Å². The smallest absolute Gasteiger partial charge is 0.265 e. The van der Waals surface area contributed by atoms with Gasteiger partial charge in [-0.2, -0.15) is 0 Å². The summed E-state index contributed by atoms with van der Waals surface area (Å²) < 4.78 is 6.64. The van der Waals surface area contributed by atoms with Crippen LogP contribution >= 0.6 is 38.9 Å². The molecule has 1 unspecified atom stereocenters. The predicted molar refractivity (Wildman–Crippen MR) is 88.1 cm³/mol. The number of rotatable bonds is 2. The summed E-state index contributed by atoms with van der Waals surface area (Å²) in [5, 5.41) is 2.61. The Morgan fingerprint density at radius 2 is 2.10 bits per heavy atom. The summed E-state index contributed by atoms with van der Waals surface area (Å²) in [5.74, 6) is 0.0548. The number of halogens is 2. The summed E-state index contributed by atoms with van der Waals surface area (Å²) in [7, 11) is 0. The first-order valence-electron chi connectivity index (χ1n) is 6.54. The third-order valence-electron chi connectivity index (χ3n) is 3.41. The standard InChI is InChI=1S/C15H13BrClNO2S/c16-12-5-8-21-14(12)15(19)18-6-7-20-13(9-18)10-1-3-11(17)4-2-10/h1-5,8,13H,6-7,9H2. The van der Waals surface area contributed by atoms with Crippen LogP contribution in [-0.2, 0) is 4.74 Å². The maximum absolute atomic E-state index is 12.5. The molecule has 0 bridgehead atoms. The lowest BCUT2D eigenvalue weighted by Crippen LogP contribution is -2.42. The second kappa shape index (κ2) is 6.48. The lowest BCUT2D eigenvalue weighted by atomic mass is 10.1. The summed E-state index contributed by atoms with van der Waals surface area (Å²) in [4.78, 5) is 15.1. The van der Waals surface area contributed by atoms with Crippen molar-refractivity contribution in [2.45, 2.75) is 6.10 Å². The molecule has 0 aliphatic carbocycles. The number of ether oxygens (including phenoxy) is 1. The van der Waals surface area contributed by atoms with Crippen LogP contribution in [0.4, 0.5) is 0 Å². The number of amides is 1. The van der Waals surface area contributed by atoms with Gasteiger partial charge in [-0.05, 0) is 45.1 Å². The van der Waals surface area contributed by atoms with Crippen molar-refractivity contribution < 1.29 is 9.53 Å². The second-order valence-corrected chi connectivity index (χ2v) is 6.97. The molecule has 1 amide bonds. The minimum atomic E-state index is -0.0984. The second-order valence-electron chi connectivity index (χ2n) is 4.76. The van der Waals surface area contributed by atoms with Crippen LogP contribution in [0.3, 0.4) is 0 Å². The highest BCUT2D eigenvalue weighted by atomic mass is 79.9. The van der Waals surface area contributed by atoms with Gasteiger partial charge in [-0.15, -0.1) is 11.3 Å². The maximum atomic E-state index is 12.5. The first kappa shape index (κ1) is 15.0. The minimum Gasteiger partial charge on any atom is -0.370 e. The van der Waals surface area contributed by atoms with E-state index in [-0.39, 0.29) is 12.0 Å². The molecule has 2 aromatic rings. The topological polar surface area (TPSA) is 29.5 Å². The van der Waals surface area contributed by atoms with Gasteiger partial charge in [-0.1, -0.05) is 23.7 Å². The van der Waals surface area contributed by atoms with Crippen LogP contribution in [-0.4, -0.2) is 30.5 Å². The third kappa shape index (κ3) is 3.31. The Kier molecular flexibility index (Phi) is 4.64. The average Bonchev–Trinajstić information content (AvgIpc) is 2.93. The van der Waals surface area contributed by atoms with Gasteiger partial charge < -0.3 is 9.64 Å². The molecular formula is C15H13BrClNO2S. The quantitative estimate of drug-likeness (QED) is 0.766. The van der Waals surface area contributed by atoms with Gasteiger partial charge in [0.05, 0.1) is 13.2 Å². The lowest BCUT2D eigenvalue weighted by molar-refractivity contribution is -0.0226. The summed E-state index contributed by atoms with van der Waals surface area (Å²) in [6.07, 6.45) is -0.0984. The van der Waals surface area contributed by atoms with Gasteiger partial charge in [0, 0.05) is 16.0 Å². The Hall–Kier alpha value is -0.880. The normalized spacial score (nSPS) is 18.8. The molecule has 1 atom stereocenters. The fourth-order valence-corrected chi connectivity index (χ4v) is 3.94. The molecule has 21 heavy (non-hydrogen) atoms. The van der Waals surface area contributed by atoms with Crippen molar-refractivity contribution in [3.63, 3.8) is 0 Å². The van der Waals surface area contributed by atoms with Crippen LogP contribution < -0.4 is 0 Å². The Bertz CT molecular complexity index is 643. The molecule has 1 aromatic heterocycles. The molecular weight excluding hydrogens is 374 g/mol. The van der Waals surface area contributed by atoms with Crippen molar-refractivity contribution >= 4 is 44.8 Å². The molecule has 0 spiro atoms. The number of benzene rings is 1. The molecule has 110 valence electrons. The molecule has 2 heterocycles. The molecule has 3 rings (SSSR count). The SMILES string of the molecule is O=C(c1sccc1Br)N1CCOC(c2ccc(Cl)cc2)C1. The summed E-state index contributed by atoms with van der Waals surface area (Å²) in [6.45, 7) is 1.72. The lowest BCUT2D eigenvalue weighted by Gasteiger charge is -2.33. The van der Waals surface area contributed by atoms with Gasteiger partial charge in [0.25, 0.3) is 5.91 Å². The number of carbonyl (C=O) groups excluding carboxylic acids is 1. The summed E-state index contributed by atoms with van der Waals surface area (Å²) in [6, 6.07) is 9.48.